The van der Waals surface area contributed by atoms with E-state index in [4.69, 9.17) is 4.74 Å². The van der Waals surface area contributed by atoms with Crippen molar-refractivity contribution >= 4 is 0 Å². The van der Waals surface area contributed by atoms with Gasteiger partial charge in [0.15, 0.2) is 11.6 Å². The Balaban J connectivity index is 1.69. The summed E-state index contributed by atoms with van der Waals surface area (Å²) in [4.78, 5) is 0. The Morgan fingerprint density at radius 1 is 1.25 bits per heavy atom. The molecule has 1 aliphatic heterocycles. The second kappa shape index (κ2) is 8.30. The first kappa shape index (κ1) is 20.9. The van der Waals surface area contributed by atoms with Crippen molar-refractivity contribution in [3.05, 3.63) is 41.2 Å². The third-order valence-corrected chi connectivity index (χ3v) is 6.01. The molecule has 1 saturated carbocycles. The van der Waals surface area contributed by atoms with Crippen molar-refractivity contribution in [2.45, 2.75) is 84.9 Å². The molecule has 0 bridgehead atoms. The van der Waals surface area contributed by atoms with Crippen LogP contribution in [0.25, 0.3) is 0 Å². The van der Waals surface area contributed by atoms with Gasteiger partial charge >= 0.3 is 0 Å². The largest absolute Gasteiger partial charge is 0.487 e. The van der Waals surface area contributed by atoms with Crippen LogP contribution in [0.1, 0.15) is 78.3 Å². The molecule has 3 nitrogen and oxygen atoms in total. The van der Waals surface area contributed by atoms with Gasteiger partial charge in [0.25, 0.3) is 0 Å². The third-order valence-electron chi connectivity index (χ3n) is 6.01. The Kier molecular flexibility index (Phi) is 6.21. The Bertz CT molecular complexity index is 732. The lowest BCUT2D eigenvalue weighted by Crippen LogP contribution is -2.34. The smallest absolute Gasteiger partial charge is 0.165 e. The molecular weight excluding hydrogens is 358 g/mol. The average molecular weight is 393 g/mol. The molecule has 0 spiro atoms. The molecule has 4 atom stereocenters. The fraction of sp³-hybridized carbons (Fsp3) is 0.652. The van der Waals surface area contributed by atoms with Gasteiger partial charge in [0, 0.05) is 36.0 Å². The molecule has 1 aromatic carbocycles. The highest BCUT2D eigenvalue weighted by Gasteiger charge is 2.33. The van der Waals surface area contributed by atoms with Crippen molar-refractivity contribution in [2.75, 3.05) is 0 Å². The summed E-state index contributed by atoms with van der Waals surface area (Å²) in [5.41, 5.74) is 1.51. The van der Waals surface area contributed by atoms with E-state index in [0.717, 1.165) is 37.8 Å². The maximum Gasteiger partial charge on any atom is 0.165 e. The summed E-state index contributed by atoms with van der Waals surface area (Å²) in [6.45, 7) is 10.6. The number of rotatable bonds is 6. The van der Waals surface area contributed by atoms with Crippen LogP contribution >= 0.6 is 0 Å². The van der Waals surface area contributed by atoms with Crippen LogP contribution in [0.4, 0.5) is 8.78 Å². The molecule has 0 amide bonds. The molecule has 28 heavy (non-hydrogen) atoms. The molecule has 1 aliphatic carbocycles. The van der Waals surface area contributed by atoms with Crippen molar-refractivity contribution in [2.24, 2.45) is 11.3 Å². The van der Waals surface area contributed by atoms with E-state index in [0.29, 0.717) is 17.5 Å². The van der Waals surface area contributed by atoms with Gasteiger partial charge in [0.1, 0.15) is 5.82 Å². The summed E-state index contributed by atoms with van der Waals surface area (Å²) < 4.78 is 35.4. The maximum absolute atomic E-state index is 14.8. The van der Waals surface area contributed by atoms with Crippen LogP contribution in [0.3, 0.4) is 0 Å². The van der Waals surface area contributed by atoms with Crippen LogP contribution in [0.5, 0.6) is 5.75 Å². The minimum absolute atomic E-state index is 0.0242. The first-order valence-corrected chi connectivity index (χ1v) is 10.5. The van der Waals surface area contributed by atoms with E-state index in [-0.39, 0.29) is 23.3 Å². The normalized spacial score (nSPS) is 27.7. The molecular formula is C23H34F2N2O. The van der Waals surface area contributed by atoms with Gasteiger partial charge in [-0.05, 0) is 50.0 Å². The monoisotopic (exact) mass is 392 g/mol. The van der Waals surface area contributed by atoms with Gasteiger partial charge in [0.05, 0.1) is 12.1 Å². The van der Waals surface area contributed by atoms with Gasteiger partial charge in [-0.3, -0.25) is 0 Å². The molecule has 1 fully saturated rings. The van der Waals surface area contributed by atoms with Crippen molar-refractivity contribution < 1.29 is 13.5 Å². The topological polar surface area (TPSA) is 33.3 Å². The molecule has 5 heteroatoms. The molecule has 1 unspecified atom stereocenters. The molecule has 1 heterocycles. The Hall–Kier alpha value is -1.78. The standard InChI is InChI=1S/C23H34F2N2O/c1-6-16-8-17(13-26-16)27-15(3)19-9-21(25)22(10-20(19)24)28-18-7-14(2)11-23(4,5)12-18/h9-10,13-16,18,26-27H,6-8,11-12H2,1-5H3/t14-,15+,16?,18-/m1/s1. The zero-order chi connectivity index (χ0) is 20.5. The molecule has 0 aromatic heterocycles. The number of benzene rings is 1. The van der Waals surface area contributed by atoms with Gasteiger partial charge in [-0.15, -0.1) is 0 Å². The Morgan fingerprint density at radius 3 is 2.64 bits per heavy atom. The summed E-state index contributed by atoms with van der Waals surface area (Å²) in [5, 5.41) is 6.59. The molecule has 0 saturated heterocycles. The first-order chi connectivity index (χ1) is 13.2. The lowest BCUT2D eigenvalue weighted by atomic mass is 9.71. The molecule has 1 aromatic rings. The summed E-state index contributed by atoms with van der Waals surface area (Å²) in [7, 11) is 0. The number of hydrogen-bond donors (Lipinski definition) is 2. The fourth-order valence-electron chi connectivity index (χ4n) is 4.81. The van der Waals surface area contributed by atoms with Crippen molar-refractivity contribution in [3.8, 4) is 5.75 Å². The summed E-state index contributed by atoms with van der Waals surface area (Å²) in [6, 6.07) is 2.58. The molecule has 3 rings (SSSR count). The van der Waals surface area contributed by atoms with Crippen LogP contribution in [-0.2, 0) is 0 Å². The van der Waals surface area contributed by atoms with E-state index in [9.17, 15) is 8.78 Å². The molecule has 2 aliphatic rings. The van der Waals surface area contributed by atoms with Gasteiger partial charge in [-0.2, -0.15) is 0 Å². The van der Waals surface area contributed by atoms with E-state index in [1.54, 1.807) is 0 Å². The van der Waals surface area contributed by atoms with E-state index in [2.05, 4.69) is 38.3 Å². The summed E-state index contributed by atoms with van der Waals surface area (Å²) in [5.74, 6) is -0.384. The second-order valence-corrected chi connectivity index (χ2v) is 9.47. The number of hydrogen-bond acceptors (Lipinski definition) is 3. The quantitative estimate of drug-likeness (QED) is 0.640. The zero-order valence-corrected chi connectivity index (χ0v) is 17.7. The van der Waals surface area contributed by atoms with Gasteiger partial charge in [-0.1, -0.05) is 27.7 Å². The van der Waals surface area contributed by atoms with Gasteiger partial charge in [-0.25, -0.2) is 8.78 Å². The van der Waals surface area contributed by atoms with Gasteiger partial charge < -0.3 is 15.4 Å². The predicted molar refractivity (Wildman–Crippen MR) is 109 cm³/mol. The SMILES string of the molecule is CCC1CC(N[C@@H](C)c2cc(F)c(O[C@@H]3C[C@@H](C)CC(C)(C)C3)cc2F)=CN1. The van der Waals surface area contributed by atoms with E-state index in [1.807, 2.05) is 13.1 Å². The molecule has 0 radical (unpaired) electrons. The van der Waals surface area contributed by atoms with Crippen LogP contribution in [-0.4, -0.2) is 12.1 Å². The lowest BCUT2D eigenvalue weighted by molar-refractivity contribution is 0.0533. The third kappa shape index (κ3) is 4.98. The van der Waals surface area contributed by atoms with E-state index >= 15 is 0 Å². The van der Waals surface area contributed by atoms with E-state index in [1.165, 1.54) is 12.1 Å². The molecule has 2 N–H and O–H groups in total. The van der Waals surface area contributed by atoms with Crippen LogP contribution in [0, 0.1) is 23.0 Å². The van der Waals surface area contributed by atoms with E-state index < -0.39 is 11.6 Å². The average Bonchev–Trinajstić information content (AvgIpc) is 3.03. The van der Waals surface area contributed by atoms with Crippen LogP contribution in [0.15, 0.2) is 24.0 Å². The molecule has 156 valence electrons. The number of ether oxygens (including phenoxy) is 1. The second-order valence-electron chi connectivity index (χ2n) is 9.47. The summed E-state index contributed by atoms with van der Waals surface area (Å²) in [6.07, 6.45) is 6.64. The fourth-order valence-corrected chi connectivity index (χ4v) is 4.81. The zero-order valence-electron chi connectivity index (χ0n) is 17.7. The highest BCUT2D eigenvalue weighted by atomic mass is 19.1. The van der Waals surface area contributed by atoms with Crippen LogP contribution in [0.2, 0.25) is 0 Å². The summed E-state index contributed by atoms with van der Waals surface area (Å²) >= 11 is 0. The van der Waals surface area contributed by atoms with Crippen molar-refractivity contribution in [3.63, 3.8) is 0 Å². The predicted octanol–water partition coefficient (Wildman–Crippen LogP) is 5.82. The Morgan fingerprint density at radius 2 is 2.00 bits per heavy atom. The highest BCUT2D eigenvalue weighted by molar-refractivity contribution is 5.33. The van der Waals surface area contributed by atoms with Crippen LogP contribution < -0.4 is 15.4 Å². The first-order valence-electron chi connectivity index (χ1n) is 10.5. The number of nitrogens with one attached hydrogen (secondary N) is 2. The van der Waals surface area contributed by atoms with Crippen molar-refractivity contribution in [1.82, 2.24) is 10.6 Å². The number of halogens is 2. The lowest BCUT2D eigenvalue weighted by Gasteiger charge is -2.38. The Labute approximate surface area is 167 Å². The van der Waals surface area contributed by atoms with Gasteiger partial charge in [0.2, 0.25) is 0 Å². The minimum Gasteiger partial charge on any atom is -0.487 e. The maximum atomic E-state index is 14.8. The minimum atomic E-state index is -0.494. The van der Waals surface area contributed by atoms with Crippen molar-refractivity contribution in [1.29, 1.82) is 0 Å². The highest BCUT2D eigenvalue weighted by Crippen LogP contribution is 2.40.